The summed E-state index contributed by atoms with van der Waals surface area (Å²) < 4.78 is 5.45. The Morgan fingerprint density at radius 1 is 1.28 bits per heavy atom. The van der Waals surface area contributed by atoms with Crippen LogP contribution in [0.5, 0.6) is 0 Å². The molecule has 2 rings (SSSR count). The Kier molecular flexibility index (Phi) is 4.79. The maximum Gasteiger partial charge on any atom is 0.0620 e. The van der Waals surface area contributed by atoms with E-state index < -0.39 is 0 Å². The van der Waals surface area contributed by atoms with Crippen molar-refractivity contribution < 1.29 is 4.74 Å². The van der Waals surface area contributed by atoms with Crippen LogP contribution in [0.2, 0.25) is 0 Å². The predicted molar refractivity (Wildman–Crippen MR) is 75.8 cm³/mol. The van der Waals surface area contributed by atoms with E-state index in [4.69, 9.17) is 4.74 Å². The highest BCUT2D eigenvalue weighted by Gasteiger charge is 2.22. The molecular formula is C16H25NO. The molecule has 0 bridgehead atoms. The maximum absolute atomic E-state index is 5.45. The second-order valence-electron chi connectivity index (χ2n) is 5.54. The van der Waals surface area contributed by atoms with E-state index in [-0.39, 0.29) is 0 Å². The third kappa shape index (κ3) is 3.33. The van der Waals surface area contributed by atoms with Gasteiger partial charge in [0.15, 0.2) is 0 Å². The normalized spacial score (nSPS) is 21.4. The molecule has 1 aromatic carbocycles. The lowest BCUT2D eigenvalue weighted by atomic mass is 9.94. The lowest BCUT2D eigenvalue weighted by molar-refractivity contribution is 0.186. The fourth-order valence-corrected chi connectivity index (χ4v) is 2.55. The van der Waals surface area contributed by atoms with Crippen LogP contribution in [0.1, 0.15) is 44.4 Å². The molecule has 0 radical (unpaired) electrons. The summed E-state index contributed by atoms with van der Waals surface area (Å²) in [5, 5.41) is 3.74. The van der Waals surface area contributed by atoms with Gasteiger partial charge in [0, 0.05) is 18.7 Å². The Hall–Kier alpha value is -0.860. The first-order chi connectivity index (χ1) is 8.70. The number of nitrogens with one attached hydrogen (secondary N) is 1. The highest BCUT2D eigenvalue weighted by atomic mass is 16.5. The smallest absolute Gasteiger partial charge is 0.0620 e. The Morgan fingerprint density at radius 2 is 2.00 bits per heavy atom. The van der Waals surface area contributed by atoms with Crippen molar-refractivity contribution >= 4 is 0 Å². The molecule has 1 aromatic rings. The fourth-order valence-electron chi connectivity index (χ4n) is 2.55. The van der Waals surface area contributed by atoms with Crippen molar-refractivity contribution in [3.05, 3.63) is 35.4 Å². The highest BCUT2D eigenvalue weighted by Crippen LogP contribution is 2.24. The van der Waals surface area contributed by atoms with Gasteiger partial charge in [-0.1, -0.05) is 45.0 Å². The van der Waals surface area contributed by atoms with Gasteiger partial charge in [-0.25, -0.2) is 0 Å². The van der Waals surface area contributed by atoms with Gasteiger partial charge in [-0.05, 0) is 29.9 Å². The molecule has 1 fully saturated rings. The van der Waals surface area contributed by atoms with Crippen molar-refractivity contribution in [2.45, 2.75) is 45.7 Å². The van der Waals surface area contributed by atoms with Crippen LogP contribution in [0.15, 0.2) is 24.3 Å². The van der Waals surface area contributed by atoms with E-state index >= 15 is 0 Å². The standard InChI is InChI=1S/C16H25NO/c1-4-13-5-7-14(8-6-13)16(12(2)3)17-15-9-10-18-11-15/h5-8,12,15-17H,4,9-11H2,1-3H3. The molecule has 18 heavy (non-hydrogen) atoms. The lowest BCUT2D eigenvalue weighted by Gasteiger charge is -2.26. The number of ether oxygens (including phenoxy) is 1. The summed E-state index contributed by atoms with van der Waals surface area (Å²) in [6.45, 7) is 8.51. The molecule has 0 amide bonds. The molecule has 2 nitrogen and oxygen atoms in total. The van der Waals surface area contributed by atoms with Crippen molar-refractivity contribution in [3.63, 3.8) is 0 Å². The lowest BCUT2D eigenvalue weighted by Crippen LogP contribution is -2.35. The molecule has 2 heteroatoms. The predicted octanol–water partition coefficient (Wildman–Crippen LogP) is 3.32. The van der Waals surface area contributed by atoms with Crippen LogP contribution < -0.4 is 5.32 Å². The fraction of sp³-hybridized carbons (Fsp3) is 0.625. The van der Waals surface area contributed by atoms with E-state index in [1.54, 1.807) is 0 Å². The van der Waals surface area contributed by atoms with E-state index in [9.17, 15) is 0 Å². The van der Waals surface area contributed by atoms with Gasteiger partial charge in [0.25, 0.3) is 0 Å². The minimum Gasteiger partial charge on any atom is -0.380 e. The molecule has 1 saturated heterocycles. The zero-order chi connectivity index (χ0) is 13.0. The summed E-state index contributed by atoms with van der Waals surface area (Å²) in [5.41, 5.74) is 2.81. The molecule has 100 valence electrons. The Labute approximate surface area is 111 Å². The van der Waals surface area contributed by atoms with Crippen LogP contribution >= 0.6 is 0 Å². The van der Waals surface area contributed by atoms with Gasteiger partial charge in [-0.3, -0.25) is 0 Å². The summed E-state index contributed by atoms with van der Waals surface area (Å²) in [4.78, 5) is 0. The topological polar surface area (TPSA) is 21.3 Å². The number of aryl methyl sites for hydroxylation is 1. The Balaban J connectivity index is 2.07. The van der Waals surface area contributed by atoms with E-state index in [2.05, 4.69) is 50.4 Å². The number of rotatable bonds is 5. The molecular weight excluding hydrogens is 222 g/mol. The van der Waals surface area contributed by atoms with Gasteiger partial charge in [-0.15, -0.1) is 0 Å². The third-order valence-corrected chi connectivity index (χ3v) is 3.76. The summed E-state index contributed by atoms with van der Waals surface area (Å²) in [5.74, 6) is 0.595. The van der Waals surface area contributed by atoms with E-state index in [1.165, 1.54) is 11.1 Å². The average molecular weight is 247 g/mol. The second-order valence-corrected chi connectivity index (χ2v) is 5.54. The van der Waals surface area contributed by atoms with Crippen LogP contribution in [-0.4, -0.2) is 19.3 Å². The van der Waals surface area contributed by atoms with Crippen LogP contribution in [0.4, 0.5) is 0 Å². The van der Waals surface area contributed by atoms with Gasteiger partial charge in [-0.2, -0.15) is 0 Å². The first-order valence-electron chi connectivity index (χ1n) is 7.13. The van der Waals surface area contributed by atoms with Gasteiger partial charge >= 0.3 is 0 Å². The van der Waals surface area contributed by atoms with Gasteiger partial charge < -0.3 is 10.1 Å². The monoisotopic (exact) mass is 247 g/mol. The van der Waals surface area contributed by atoms with Crippen molar-refractivity contribution in [3.8, 4) is 0 Å². The van der Waals surface area contributed by atoms with Crippen molar-refractivity contribution in [1.82, 2.24) is 5.32 Å². The van der Waals surface area contributed by atoms with Crippen molar-refractivity contribution in [2.75, 3.05) is 13.2 Å². The molecule has 1 N–H and O–H groups in total. The minimum atomic E-state index is 0.433. The Bertz CT molecular complexity index is 352. The largest absolute Gasteiger partial charge is 0.380 e. The van der Waals surface area contributed by atoms with Crippen molar-refractivity contribution in [2.24, 2.45) is 5.92 Å². The minimum absolute atomic E-state index is 0.433. The van der Waals surface area contributed by atoms with Crippen LogP contribution in [0, 0.1) is 5.92 Å². The summed E-state index contributed by atoms with van der Waals surface area (Å²) >= 11 is 0. The average Bonchev–Trinajstić information content (AvgIpc) is 2.89. The highest BCUT2D eigenvalue weighted by molar-refractivity contribution is 5.25. The molecule has 1 heterocycles. The molecule has 1 aliphatic heterocycles. The molecule has 1 aliphatic rings. The second kappa shape index (κ2) is 6.35. The quantitative estimate of drug-likeness (QED) is 0.862. The SMILES string of the molecule is CCc1ccc(C(NC2CCOC2)C(C)C)cc1. The molecule has 0 saturated carbocycles. The van der Waals surface area contributed by atoms with Gasteiger partial charge in [0.05, 0.1) is 6.61 Å². The van der Waals surface area contributed by atoms with E-state index in [1.807, 2.05) is 0 Å². The maximum atomic E-state index is 5.45. The number of benzene rings is 1. The number of hydrogen-bond acceptors (Lipinski definition) is 2. The van der Waals surface area contributed by atoms with Crippen LogP contribution in [0.25, 0.3) is 0 Å². The molecule has 2 atom stereocenters. The summed E-state index contributed by atoms with van der Waals surface area (Å²) in [6, 6.07) is 9.99. The zero-order valence-electron chi connectivity index (χ0n) is 11.8. The zero-order valence-corrected chi connectivity index (χ0v) is 11.8. The third-order valence-electron chi connectivity index (χ3n) is 3.76. The van der Waals surface area contributed by atoms with Crippen LogP contribution in [0.3, 0.4) is 0 Å². The van der Waals surface area contributed by atoms with E-state index in [0.717, 1.165) is 26.1 Å². The summed E-state index contributed by atoms with van der Waals surface area (Å²) in [6.07, 6.45) is 2.24. The van der Waals surface area contributed by atoms with E-state index in [0.29, 0.717) is 18.0 Å². The first-order valence-corrected chi connectivity index (χ1v) is 7.13. The number of hydrogen-bond donors (Lipinski definition) is 1. The first kappa shape index (κ1) is 13.6. The molecule has 0 aromatic heterocycles. The molecule has 0 aliphatic carbocycles. The van der Waals surface area contributed by atoms with Gasteiger partial charge in [0.2, 0.25) is 0 Å². The van der Waals surface area contributed by atoms with Crippen molar-refractivity contribution in [1.29, 1.82) is 0 Å². The molecule has 0 spiro atoms. The van der Waals surface area contributed by atoms with Crippen LogP contribution in [-0.2, 0) is 11.2 Å². The molecule has 2 unspecified atom stereocenters. The Morgan fingerprint density at radius 3 is 2.50 bits per heavy atom. The summed E-state index contributed by atoms with van der Waals surface area (Å²) in [7, 11) is 0. The van der Waals surface area contributed by atoms with Gasteiger partial charge in [0.1, 0.15) is 0 Å².